The summed E-state index contributed by atoms with van der Waals surface area (Å²) in [6, 6.07) is 20.9. The van der Waals surface area contributed by atoms with Gasteiger partial charge in [-0.3, -0.25) is 14.8 Å². The number of amides is 1. The Morgan fingerprint density at radius 2 is 1.63 bits per heavy atom. The van der Waals surface area contributed by atoms with E-state index in [1.54, 1.807) is 29.2 Å². The summed E-state index contributed by atoms with van der Waals surface area (Å²) in [4.78, 5) is 15.0. The van der Waals surface area contributed by atoms with Crippen LogP contribution < -0.4 is 4.90 Å². The van der Waals surface area contributed by atoms with Crippen LogP contribution in [-0.2, 0) is 0 Å². The maximum absolute atomic E-state index is 13.5. The summed E-state index contributed by atoms with van der Waals surface area (Å²) in [5.41, 5.74) is 5.54. The van der Waals surface area contributed by atoms with Crippen LogP contribution in [0, 0.1) is 12.7 Å². The number of fused-ring (bicyclic) bond motifs is 1. The summed E-state index contributed by atoms with van der Waals surface area (Å²) < 4.78 is 13.5. The van der Waals surface area contributed by atoms with Crippen molar-refractivity contribution in [2.24, 2.45) is 0 Å². The van der Waals surface area contributed by atoms with E-state index in [-0.39, 0.29) is 11.7 Å². The van der Waals surface area contributed by atoms with Crippen molar-refractivity contribution in [2.45, 2.75) is 13.0 Å². The number of H-pyrrole nitrogens is 1. The molecule has 0 unspecified atom stereocenters. The number of benzene rings is 3. The maximum Gasteiger partial charge on any atom is 0.277 e. The van der Waals surface area contributed by atoms with Crippen LogP contribution in [0.5, 0.6) is 0 Å². The Balaban J connectivity index is 1.71. The van der Waals surface area contributed by atoms with E-state index in [1.807, 2.05) is 43.3 Å². The summed E-state index contributed by atoms with van der Waals surface area (Å²) >= 11 is 6.10. The molecule has 148 valence electrons. The number of aromatic amines is 1. The molecule has 1 aromatic heterocycles. The molecule has 1 aliphatic rings. The van der Waals surface area contributed by atoms with Gasteiger partial charge in [-0.1, -0.05) is 53.6 Å². The summed E-state index contributed by atoms with van der Waals surface area (Å²) in [5, 5.41) is 8.01. The third-order valence-electron chi connectivity index (χ3n) is 5.38. The molecule has 5 rings (SSSR count). The lowest BCUT2D eigenvalue weighted by Crippen LogP contribution is -2.29. The minimum absolute atomic E-state index is 0.206. The average molecular weight is 418 g/mol. The molecule has 0 spiro atoms. The number of anilines is 1. The zero-order valence-corrected chi connectivity index (χ0v) is 16.8. The van der Waals surface area contributed by atoms with Crippen molar-refractivity contribution in [3.63, 3.8) is 0 Å². The second kappa shape index (κ2) is 7.11. The normalized spacial score (nSPS) is 15.5. The molecule has 30 heavy (non-hydrogen) atoms. The monoisotopic (exact) mass is 417 g/mol. The Hall–Kier alpha value is -3.44. The fraction of sp³-hybridized carbons (Fsp3) is 0.0833. The second-order valence-corrected chi connectivity index (χ2v) is 7.77. The highest BCUT2D eigenvalue weighted by molar-refractivity contribution is 6.30. The van der Waals surface area contributed by atoms with E-state index in [2.05, 4.69) is 10.2 Å². The predicted molar refractivity (Wildman–Crippen MR) is 115 cm³/mol. The van der Waals surface area contributed by atoms with Crippen molar-refractivity contribution in [2.75, 3.05) is 4.90 Å². The summed E-state index contributed by atoms with van der Waals surface area (Å²) in [6.45, 7) is 2.02. The number of carbonyl (C=O) groups excluding carboxylic acids is 1. The standard InChI is InChI=1S/C24H17ClFN3O/c1-14-2-4-15(5-3-14)21-20-22(28-27-21)24(30)29(19-12-10-18(26)11-13-19)23(20)16-6-8-17(25)9-7-16/h2-13,23H,1H3,(H,27,28)/t23-/m1/s1. The Kier molecular flexibility index (Phi) is 4.40. The molecular formula is C24H17ClFN3O. The third kappa shape index (κ3) is 2.99. The molecule has 1 N–H and O–H groups in total. The van der Waals surface area contributed by atoms with E-state index in [4.69, 9.17) is 11.6 Å². The van der Waals surface area contributed by atoms with E-state index in [1.165, 1.54) is 12.1 Å². The van der Waals surface area contributed by atoms with Crippen molar-refractivity contribution in [3.05, 3.63) is 106 Å². The molecule has 4 nitrogen and oxygen atoms in total. The number of aromatic nitrogens is 2. The molecular weight excluding hydrogens is 401 g/mol. The van der Waals surface area contributed by atoms with Crippen LogP contribution in [0.4, 0.5) is 10.1 Å². The Labute approximate surface area is 177 Å². The minimum Gasteiger partial charge on any atom is -0.295 e. The lowest BCUT2D eigenvalue weighted by atomic mass is 9.95. The van der Waals surface area contributed by atoms with E-state index < -0.39 is 6.04 Å². The molecule has 1 atom stereocenters. The predicted octanol–water partition coefficient (Wildman–Crippen LogP) is 5.93. The number of rotatable bonds is 3. The Morgan fingerprint density at radius 1 is 0.967 bits per heavy atom. The molecule has 6 heteroatoms. The molecule has 0 fully saturated rings. The Bertz CT molecular complexity index is 1230. The SMILES string of the molecule is Cc1ccc(-c2n[nH]c3c2[C@@H](c2ccc(Cl)cc2)N(c2ccc(F)cc2)C3=O)cc1. The number of nitrogens with one attached hydrogen (secondary N) is 1. The van der Waals surface area contributed by atoms with E-state index in [9.17, 15) is 9.18 Å². The highest BCUT2D eigenvalue weighted by Crippen LogP contribution is 2.45. The zero-order valence-electron chi connectivity index (χ0n) is 16.1. The molecule has 1 amide bonds. The van der Waals surface area contributed by atoms with Crippen LogP contribution in [0.25, 0.3) is 11.3 Å². The zero-order chi connectivity index (χ0) is 20.8. The number of halogens is 2. The smallest absolute Gasteiger partial charge is 0.277 e. The van der Waals surface area contributed by atoms with Gasteiger partial charge in [0.05, 0.1) is 11.7 Å². The first-order valence-electron chi connectivity index (χ1n) is 9.53. The van der Waals surface area contributed by atoms with E-state index >= 15 is 0 Å². The number of carbonyl (C=O) groups is 1. The largest absolute Gasteiger partial charge is 0.295 e. The first-order chi connectivity index (χ1) is 14.5. The van der Waals surface area contributed by atoms with Crippen LogP contribution in [0.2, 0.25) is 5.02 Å². The molecule has 0 bridgehead atoms. The summed E-state index contributed by atoms with van der Waals surface area (Å²) in [5.74, 6) is -0.559. The first kappa shape index (κ1) is 18.6. The van der Waals surface area contributed by atoms with Gasteiger partial charge >= 0.3 is 0 Å². The van der Waals surface area contributed by atoms with Gasteiger partial charge in [0, 0.05) is 21.8 Å². The highest BCUT2D eigenvalue weighted by Gasteiger charge is 2.43. The van der Waals surface area contributed by atoms with Gasteiger partial charge in [0.2, 0.25) is 0 Å². The lowest BCUT2D eigenvalue weighted by Gasteiger charge is -2.26. The van der Waals surface area contributed by atoms with Crippen LogP contribution in [0.15, 0.2) is 72.8 Å². The van der Waals surface area contributed by atoms with Gasteiger partial charge in [0.15, 0.2) is 0 Å². The molecule has 0 aliphatic carbocycles. The second-order valence-electron chi connectivity index (χ2n) is 7.33. The van der Waals surface area contributed by atoms with Crippen LogP contribution >= 0.6 is 11.6 Å². The number of nitrogens with zero attached hydrogens (tertiary/aromatic N) is 2. The highest BCUT2D eigenvalue weighted by atomic mass is 35.5. The maximum atomic E-state index is 13.5. The first-order valence-corrected chi connectivity index (χ1v) is 9.90. The molecule has 4 aromatic rings. The molecule has 0 saturated carbocycles. The fourth-order valence-electron chi connectivity index (χ4n) is 3.91. The van der Waals surface area contributed by atoms with Crippen LogP contribution in [0.3, 0.4) is 0 Å². The summed E-state index contributed by atoms with van der Waals surface area (Å²) in [7, 11) is 0. The minimum atomic E-state index is -0.412. The van der Waals surface area contributed by atoms with Gasteiger partial charge in [0.1, 0.15) is 11.5 Å². The van der Waals surface area contributed by atoms with Gasteiger partial charge in [-0.2, -0.15) is 5.10 Å². The number of hydrogen-bond donors (Lipinski definition) is 1. The summed E-state index contributed by atoms with van der Waals surface area (Å²) in [6.07, 6.45) is 0. The van der Waals surface area contributed by atoms with Gasteiger partial charge in [-0.05, 0) is 48.9 Å². The molecule has 3 aromatic carbocycles. The third-order valence-corrected chi connectivity index (χ3v) is 5.64. The van der Waals surface area contributed by atoms with Crippen molar-refractivity contribution in [3.8, 4) is 11.3 Å². The van der Waals surface area contributed by atoms with Crippen LogP contribution in [0.1, 0.15) is 33.2 Å². The van der Waals surface area contributed by atoms with Crippen molar-refractivity contribution >= 4 is 23.2 Å². The van der Waals surface area contributed by atoms with Gasteiger partial charge < -0.3 is 0 Å². The van der Waals surface area contributed by atoms with Crippen molar-refractivity contribution in [1.82, 2.24) is 10.2 Å². The van der Waals surface area contributed by atoms with E-state index in [0.29, 0.717) is 16.4 Å². The average Bonchev–Trinajstić information content (AvgIpc) is 3.29. The van der Waals surface area contributed by atoms with E-state index in [0.717, 1.165) is 27.9 Å². The molecule has 0 radical (unpaired) electrons. The van der Waals surface area contributed by atoms with Gasteiger partial charge in [-0.15, -0.1) is 0 Å². The Morgan fingerprint density at radius 3 is 2.30 bits per heavy atom. The van der Waals surface area contributed by atoms with Gasteiger partial charge in [-0.25, -0.2) is 4.39 Å². The quantitative estimate of drug-likeness (QED) is 0.449. The fourth-order valence-corrected chi connectivity index (χ4v) is 4.03. The molecule has 0 saturated heterocycles. The molecule has 2 heterocycles. The van der Waals surface area contributed by atoms with Crippen molar-refractivity contribution < 1.29 is 9.18 Å². The van der Waals surface area contributed by atoms with Crippen molar-refractivity contribution in [1.29, 1.82) is 0 Å². The number of aryl methyl sites for hydroxylation is 1. The van der Waals surface area contributed by atoms with Crippen LogP contribution in [-0.4, -0.2) is 16.1 Å². The topological polar surface area (TPSA) is 49.0 Å². The number of hydrogen-bond acceptors (Lipinski definition) is 2. The van der Waals surface area contributed by atoms with Gasteiger partial charge in [0.25, 0.3) is 5.91 Å². The molecule has 1 aliphatic heterocycles. The lowest BCUT2D eigenvalue weighted by molar-refractivity contribution is 0.0988.